The fraction of sp³-hybridized carbons (Fsp3) is 0.917. The highest BCUT2D eigenvalue weighted by Crippen LogP contribution is 2.65. The van der Waals surface area contributed by atoms with Crippen molar-refractivity contribution >= 4 is 5.91 Å². The van der Waals surface area contributed by atoms with Crippen molar-refractivity contribution in [1.29, 1.82) is 0 Å². The van der Waals surface area contributed by atoms with Gasteiger partial charge in [0.2, 0.25) is 5.91 Å². The Kier molecular flexibility index (Phi) is 1.46. The van der Waals surface area contributed by atoms with Crippen molar-refractivity contribution in [1.82, 2.24) is 4.90 Å². The van der Waals surface area contributed by atoms with Crippen LogP contribution in [0, 0.1) is 23.2 Å². The summed E-state index contributed by atoms with van der Waals surface area (Å²) in [6, 6.07) is 0.556. The molecule has 2 saturated carbocycles. The summed E-state index contributed by atoms with van der Waals surface area (Å²) >= 11 is 0. The zero-order valence-electron chi connectivity index (χ0n) is 9.29. The van der Waals surface area contributed by atoms with E-state index >= 15 is 0 Å². The highest BCUT2D eigenvalue weighted by atomic mass is 16.2. The summed E-state index contributed by atoms with van der Waals surface area (Å²) in [6.07, 6.45) is 3.64. The third kappa shape index (κ3) is 0.768. The first-order chi connectivity index (χ1) is 6.58. The van der Waals surface area contributed by atoms with Gasteiger partial charge in [-0.3, -0.25) is 4.79 Å². The Labute approximate surface area is 85.7 Å². The third-order valence-electron chi connectivity index (χ3n) is 4.93. The van der Waals surface area contributed by atoms with E-state index in [4.69, 9.17) is 0 Å². The Bertz CT molecular complexity index is 295. The number of rotatable bonds is 0. The standard InChI is InChI=1S/C12H19NO/c1-7-6-8(2)10-9(7)12(4-5-12)11(14)13(10)3/h7-10H,4-6H2,1-3H3. The minimum atomic E-state index is 0.115. The van der Waals surface area contributed by atoms with Crippen molar-refractivity contribution in [2.75, 3.05) is 7.05 Å². The van der Waals surface area contributed by atoms with E-state index in [1.54, 1.807) is 0 Å². The van der Waals surface area contributed by atoms with E-state index in [0.717, 1.165) is 18.8 Å². The molecule has 0 aromatic rings. The smallest absolute Gasteiger partial charge is 0.229 e. The van der Waals surface area contributed by atoms with Crippen molar-refractivity contribution in [2.24, 2.45) is 23.2 Å². The molecular formula is C12H19NO. The van der Waals surface area contributed by atoms with Gasteiger partial charge in [-0.25, -0.2) is 0 Å². The fourth-order valence-electron chi connectivity index (χ4n) is 4.37. The molecule has 2 nitrogen and oxygen atoms in total. The van der Waals surface area contributed by atoms with Crippen LogP contribution in [0.1, 0.15) is 33.1 Å². The van der Waals surface area contributed by atoms with Crippen molar-refractivity contribution in [2.45, 2.75) is 39.2 Å². The Morgan fingerprint density at radius 2 is 1.93 bits per heavy atom. The lowest BCUT2D eigenvalue weighted by molar-refractivity contribution is -0.132. The van der Waals surface area contributed by atoms with Crippen LogP contribution in [-0.4, -0.2) is 23.9 Å². The van der Waals surface area contributed by atoms with Gasteiger partial charge in [0.05, 0.1) is 5.41 Å². The summed E-state index contributed by atoms with van der Waals surface area (Å²) < 4.78 is 0. The molecule has 4 atom stereocenters. The topological polar surface area (TPSA) is 20.3 Å². The van der Waals surface area contributed by atoms with Gasteiger partial charge in [0.25, 0.3) is 0 Å². The summed E-state index contributed by atoms with van der Waals surface area (Å²) in [5.41, 5.74) is 0.115. The Hall–Kier alpha value is -0.530. The molecule has 1 spiro atoms. The number of nitrogens with zero attached hydrogens (tertiary/aromatic N) is 1. The zero-order valence-corrected chi connectivity index (χ0v) is 9.29. The molecule has 78 valence electrons. The molecular weight excluding hydrogens is 174 g/mol. The van der Waals surface area contributed by atoms with E-state index in [1.807, 2.05) is 7.05 Å². The first kappa shape index (κ1) is 8.75. The normalized spacial score (nSPS) is 48.8. The van der Waals surface area contributed by atoms with Crippen LogP contribution in [0.4, 0.5) is 0 Å². The maximum Gasteiger partial charge on any atom is 0.229 e. The van der Waals surface area contributed by atoms with E-state index in [2.05, 4.69) is 18.7 Å². The van der Waals surface area contributed by atoms with Gasteiger partial charge in [-0.15, -0.1) is 0 Å². The average Bonchev–Trinajstić information content (AvgIpc) is 2.82. The van der Waals surface area contributed by atoms with Crippen molar-refractivity contribution < 1.29 is 4.79 Å². The summed E-state index contributed by atoms with van der Waals surface area (Å²) in [4.78, 5) is 14.2. The summed E-state index contributed by atoms with van der Waals surface area (Å²) in [6.45, 7) is 4.65. The Balaban J connectivity index is 2.03. The van der Waals surface area contributed by atoms with E-state index < -0.39 is 0 Å². The number of amides is 1. The van der Waals surface area contributed by atoms with Crippen molar-refractivity contribution in [3.63, 3.8) is 0 Å². The molecule has 2 aliphatic carbocycles. The molecule has 0 bridgehead atoms. The Morgan fingerprint density at radius 3 is 2.50 bits per heavy atom. The second kappa shape index (κ2) is 2.34. The first-order valence-corrected chi connectivity index (χ1v) is 5.85. The summed E-state index contributed by atoms with van der Waals surface area (Å²) in [5.74, 6) is 2.59. The minimum absolute atomic E-state index is 0.115. The Morgan fingerprint density at radius 1 is 1.29 bits per heavy atom. The minimum Gasteiger partial charge on any atom is -0.342 e. The second-order valence-electron chi connectivity index (χ2n) is 5.78. The molecule has 4 unspecified atom stereocenters. The van der Waals surface area contributed by atoms with Crippen LogP contribution < -0.4 is 0 Å². The molecule has 1 amide bonds. The highest BCUT2D eigenvalue weighted by molar-refractivity contribution is 5.88. The highest BCUT2D eigenvalue weighted by Gasteiger charge is 2.68. The first-order valence-electron chi connectivity index (χ1n) is 5.85. The fourth-order valence-corrected chi connectivity index (χ4v) is 4.37. The SMILES string of the molecule is CC1CC(C)C2C1N(C)C(=O)C21CC1. The van der Waals surface area contributed by atoms with Crippen LogP contribution in [0.25, 0.3) is 0 Å². The van der Waals surface area contributed by atoms with Crippen LogP contribution in [-0.2, 0) is 4.79 Å². The second-order valence-corrected chi connectivity index (χ2v) is 5.78. The quantitative estimate of drug-likeness (QED) is 0.575. The van der Waals surface area contributed by atoms with E-state index in [-0.39, 0.29) is 5.41 Å². The van der Waals surface area contributed by atoms with Gasteiger partial charge >= 0.3 is 0 Å². The van der Waals surface area contributed by atoms with Crippen LogP contribution in [0.3, 0.4) is 0 Å². The van der Waals surface area contributed by atoms with Crippen LogP contribution in [0.5, 0.6) is 0 Å². The molecule has 0 radical (unpaired) electrons. The number of carbonyl (C=O) groups excluding carboxylic acids is 1. The molecule has 0 aromatic heterocycles. The van der Waals surface area contributed by atoms with Crippen LogP contribution in [0.15, 0.2) is 0 Å². The molecule has 3 aliphatic rings. The lowest BCUT2D eigenvalue weighted by Crippen LogP contribution is -2.33. The summed E-state index contributed by atoms with van der Waals surface area (Å²) in [5, 5.41) is 0. The maximum absolute atomic E-state index is 12.1. The monoisotopic (exact) mass is 193 g/mol. The molecule has 2 heteroatoms. The number of fused-ring (bicyclic) bond motifs is 2. The number of carbonyl (C=O) groups is 1. The number of hydrogen-bond acceptors (Lipinski definition) is 1. The van der Waals surface area contributed by atoms with Crippen LogP contribution in [0.2, 0.25) is 0 Å². The van der Waals surface area contributed by atoms with Crippen LogP contribution >= 0.6 is 0 Å². The van der Waals surface area contributed by atoms with Gasteiger partial charge in [-0.05, 0) is 37.0 Å². The molecule has 3 fully saturated rings. The molecule has 1 saturated heterocycles. The predicted octanol–water partition coefficient (Wildman–Crippen LogP) is 1.90. The predicted molar refractivity (Wildman–Crippen MR) is 54.7 cm³/mol. The molecule has 0 aromatic carbocycles. The van der Waals surface area contributed by atoms with Gasteiger partial charge in [-0.1, -0.05) is 13.8 Å². The van der Waals surface area contributed by atoms with Gasteiger partial charge in [0.1, 0.15) is 0 Å². The molecule has 0 N–H and O–H groups in total. The van der Waals surface area contributed by atoms with E-state index in [1.165, 1.54) is 6.42 Å². The van der Waals surface area contributed by atoms with Gasteiger partial charge in [0, 0.05) is 13.1 Å². The maximum atomic E-state index is 12.1. The van der Waals surface area contributed by atoms with E-state index in [0.29, 0.717) is 23.8 Å². The summed E-state index contributed by atoms with van der Waals surface area (Å²) in [7, 11) is 2.02. The van der Waals surface area contributed by atoms with Gasteiger partial charge in [-0.2, -0.15) is 0 Å². The lowest BCUT2D eigenvalue weighted by atomic mass is 9.83. The molecule has 3 rings (SSSR count). The van der Waals surface area contributed by atoms with E-state index in [9.17, 15) is 4.79 Å². The molecule has 1 aliphatic heterocycles. The molecule has 14 heavy (non-hydrogen) atoms. The number of hydrogen-bond donors (Lipinski definition) is 0. The largest absolute Gasteiger partial charge is 0.342 e. The number of likely N-dealkylation sites (tertiary alicyclic amines) is 1. The third-order valence-corrected chi connectivity index (χ3v) is 4.93. The van der Waals surface area contributed by atoms with Gasteiger partial charge in [0.15, 0.2) is 0 Å². The van der Waals surface area contributed by atoms with Crippen molar-refractivity contribution in [3.8, 4) is 0 Å². The molecule has 1 heterocycles. The zero-order chi connectivity index (χ0) is 10.1. The van der Waals surface area contributed by atoms with Crippen molar-refractivity contribution in [3.05, 3.63) is 0 Å². The van der Waals surface area contributed by atoms with Gasteiger partial charge < -0.3 is 4.90 Å². The average molecular weight is 193 g/mol. The lowest BCUT2D eigenvalue weighted by Gasteiger charge is -2.23.